The van der Waals surface area contributed by atoms with Gasteiger partial charge in [0.05, 0.1) is 21.6 Å². The van der Waals surface area contributed by atoms with E-state index in [0.29, 0.717) is 18.1 Å². The first-order valence-corrected chi connectivity index (χ1v) is 9.98. The van der Waals surface area contributed by atoms with Gasteiger partial charge in [-0.15, -0.1) is 0 Å². The number of benzene rings is 1. The predicted molar refractivity (Wildman–Crippen MR) is 112 cm³/mol. The number of carbonyl (C=O) groups is 1. The van der Waals surface area contributed by atoms with Gasteiger partial charge in [-0.3, -0.25) is 9.48 Å². The molecule has 0 fully saturated rings. The lowest BCUT2D eigenvalue weighted by molar-refractivity contribution is 0.101. The number of carbonyl (C=O) groups excluding carboxylic acids is 1. The minimum atomic E-state index is -0.212. The Kier molecular flexibility index (Phi) is 4.50. The summed E-state index contributed by atoms with van der Waals surface area (Å²) in [6, 6.07) is 7.86. The van der Waals surface area contributed by atoms with Crippen LogP contribution in [0.15, 0.2) is 24.3 Å². The third kappa shape index (κ3) is 3.20. The number of nitrogens with one attached hydrogen (secondary N) is 1. The number of rotatable bonds is 4. The van der Waals surface area contributed by atoms with Gasteiger partial charge in [0.2, 0.25) is 5.13 Å². The average Bonchev–Trinajstić information content (AvgIpc) is 3.31. The number of anilines is 1. The van der Waals surface area contributed by atoms with Crippen molar-refractivity contribution >= 4 is 33.3 Å². The van der Waals surface area contributed by atoms with Crippen LogP contribution in [0.2, 0.25) is 0 Å². The average molecular weight is 395 g/mol. The van der Waals surface area contributed by atoms with Crippen molar-refractivity contribution in [3.05, 3.63) is 52.5 Å². The highest BCUT2D eigenvalue weighted by Crippen LogP contribution is 2.29. The molecule has 0 aliphatic carbocycles. The van der Waals surface area contributed by atoms with Gasteiger partial charge in [0.25, 0.3) is 5.91 Å². The van der Waals surface area contributed by atoms with E-state index in [0.717, 1.165) is 26.7 Å². The molecule has 8 heteroatoms. The summed E-state index contributed by atoms with van der Waals surface area (Å²) in [4.78, 5) is 17.6. The van der Waals surface area contributed by atoms with Crippen molar-refractivity contribution in [3.63, 3.8) is 0 Å². The second-order valence-electron chi connectivity index (χ2n) is 6.92. The highest BCUT2D eigenvalue weighted by atomic mass is 32.1. The molecule has 0 unspecified atom stereocenters. The van der Waals surface area contributed by atoms with Crippen LogP contribution in [-0.2, 0) is 6.54 Å². The molecule has 0 aliphatic heterocycles. The molecule has 0 bridgehead atoms. The van der Waals surface area contributed by atoms with Crippen LogP contribution in [0.5, 0.6) is 0 Å². The van der Waals surface area contributed by atoms with E-state index >= 15 is 0 Å². The molecule has 1 amide bonds. The van der Waals surface area contributed by atoms with E-state index in [1.807, 2.05) is 26.8 Å². The van der Waals surface area contributed by atoms with Gasteiger partial charge in [-0.25, -0.2) is 4.98 Å². The number of nitrogens with zero attached hydrogens (tertiary/aromatic N) is 5. The Hall–Kier alpha value is -3.00. The first-order chi connectivity index (χ1) is 13.4. The Morgan fingerprint density at radius 1 is 1.04 bits per heavy atom. The van der Waals surface area contributed by atoms with E-state index in [-0.39, 0.29) is 5.91 Å². The molecule has 0 atom stereocenters. The summed E-state index contributed by atoms with van der Waals surface area (Å²) >= 11 is 1.56. The maximum atomic E-state index is 12.8. The number of thiazole rings is 1. The van der Waals surface area contributed by atoms with E-state index in [9.17, 15) is 4.79 Å². The minimum absolute atomic E-state index is 0.212. The van der Waals surface area contributed by atoms with Crippen LogP contribution in [0.25, 0.3) is 15.3 Å². The van der Waals surface area contributed by atoms with Crippen LogP contribution in [0.3, 0.4) is 0 Å². The van der Waals surface area contributed by atoms with Crippen molar-refractivity contribution in [3.8, 4) is 5.13 Å². The number of aromatic nitrogens is 5. The SMILES string of the molecule is CCn1nc(C)cc1C(=O)Nc1cc(C)nn1-c1nc2cc(C)c(C)cc2s1. The van der Waals surface area contributed by atoms with Gasteiger partial charge in [0, 0.05) is 12.6 Å². The molecule has 1 aromatic carbocycles. The second-order valence-corrected chi connectivity index (χ2v) is 7.93. The van der Waals surface area contributed by atoms with Gasteiger partial charge in [0.1, 0.15) is 11.5 Å². The molecule has 3 aromatic heterocycles. The first-order valence-electron chi connectivity index (χ1n) is 9.16. The number of fused-ring (bicyclic) bond motifs is 1. The lowest BCUT2D eigenvalue weighted by atomic mass is 10.1. The minimum Gasteiger partial charge on any atom is -0.305 e. The summed E-state index contributed by atoms with van der Waals surface area (Å²) < 4.78 is 4.49. The monoisotopic (exact) mass is 394 g/mol. The lowest BCUT2D eigenvalue weighted by Gasteiger charge is -2.07. The molecule has 4 aromatic rings. The van der Waals surface area contributed by atoms with Crippen molar-refractivity contribution in [2.24, 2.45) is 0 Å². The quantitative estimate of drug-likeness (QED) is 0.563. The maximum absolute atomic E-state index is 12.8. The molecule has 144 valence electrons. The zero-order valence-electron chi connectivity index (χ0n) is 16.6. The number of amides is 1. The maximum Gasteiger partial charge on any atom is 0.275 e. The number of hydrogen-bond donors (Lipinski definition) is 1. The molecule has 1 N–H and O–H groups in total. The van der Waals surface area contributed by atoms with Gasteiger partial charge in [-0.05, 0) is 63.9 Å². The van der Waals surface area contributed by atoms with E-state index < -0.39 is 0 Å². The zero-order valence-corrected chi connectivity index (χ0v) is 17.4. The summed E-state index contributed by atoms with van der Waals surface area (Å²) in [5.41, 5.74) is 5.53. The number of hydrogen-bond acceptors (Lipinski definition) is 5. The van der Waals surface area contributed by atoms with E-state index in [1.165, 1.54) is 11.1 Å². The molecule has 4 rings (SSSR count). The van der Waals surface area contributed by atoms with Crippen LogP contribution >= 0.6 is 11.3 Å². The summed E-state index contributed by atoms with van der Waals surface area (Å²) in [7, 11) is 0. The van der Waals surface area contributed by atoms with Gasteiger partial charge in [0.15, 0.2) is 0 Å². The fraction of sp³-hybridized carbons (Fsp3) is 0.300. The Morgan fingerprint density at radius 2 is 1.75 bits per heavy atom. The van der Waals surface area contributed by atoms with Crippen molar-refractivity contribution in [2.75, 3.05) is 5.32 Å². The highest BCUT2D eigenvalue weighted by molar-refractivity contribution is 7.20. The summed E-state index contributed by atoms with van der Waals surface area (Å²) in [5, 5.41) is 12.6. The predicted octanol–water partition coefficient (Wildman–Crippen LogP) is 4.18. The standard InChI is InChI=1S/C20H22N6OS/c1-6-25-16(9-13(4)23-25)19(27)22-18-10-14(5)24-26(18)20-21-15-7-11(2)12(3)8-17(15)28-20/h7-10H,6H2,1-5H3,(H,22,27). The fourth-order valence-corrected chi connectivity index (χ4v) is 4.15. The smallest absolute Gasteiger partial charge is 0.275 e. The van der Waals surface area contributed by atoms with Crippen molar-refractivity contribution in [2.45, 2.75) is 41.2 Å². The van der Waals surface area contributed by atoms with Crippen molar-refractivity contribution in [1.82, 2.24) is 24.5 Å². The Labute approximate surface area is 167 Å². The molecular weight excluding hydrogens is 372 g/mol. The molecule has 0 spiro atoms. The van der Waals surface area contributed by atoms with Gasteiger partial charge in [-0.2, -0.15) is 14.9 Å². The topological polar surface area (TPSA) is 77.6 Å². The fourth-order valence-electron chi connectivity index (χ4n) is 3.14. The van der Waals surface area contributed by atoms with Gasteiger partial charge < -0.3 is 5.32 Å². The summed E-state index contributed by atoms with van der Waals surface area (Å²) in [6.07, 6.45) is 0. The van der Waals surface area contributed by atoms with Crippen LogP contribution in [0.4, 0.5) is 5.82 Å². The van der Waals surface area contributed by atoms with Crippen LogP contribution < -0.4 is 5.32 Å². The third-order valence-electron chi connectivity index (χ3n) is 4.68. The normalized spacial score (nSPS) is 11.3. The van der Waals surface area contributed by atoms with Crippen LogP contribution in [0, 0.1) is 27.7 Å². The van der Waals surface area contributed by atoms with E-state index in [1.54, 1.807) is 26.8 Å². The molecule has 0 saturated carbocycles. The van der Waals surface area contributed by atoms with Crippen LogP contribution in [0.1, 0.15) is 39.9 Å². The van der Waals surface area contributed by atoms with Crippen molar-refractivity contribution < 1.29 is 4.79 Å². The number of aryl methyl sites for hydroxylation is 5. The molecule has 0 saturated heterocycles. The van der Waals surface area contributed by atoms with Gasteiger partial charge >= 0.3 is 0 Å². The molecule has 28 heavy (non-hydrogen) atoms. The molecule has 0 radical (unpaired) electrons. The molecule has 0 aliphatic rings. The molecule has 7 nitrogen and oxygen atoms in total. The Bertz CT molecular complexity index is 1160. The molecule has 3 heterocycles. The summed E-state index contributed by atoms with van der Waals surface area (Å²) in [6.45, 7) is 10.5. The Balaban J connectivity index is 1.72. The second kappa shape index (κ2) is 6.87. The zero-order chi connectivity index (χ0) is 20.0. The van der Waals surface area contributed by atoms with E-state index in [2.05, 4.69) is 41.5 Å². The van der Waals surface area contributed by atoms with Crippen LogP contribution in [-0.4, -0.2) is 30.5 Å². The third-order valence-corrected chi connectivity index (χ3v) is 5.67. The highest BCUT2D eigenvalue weighted by Gasteiger charge is 2.18. The lowest BCUT2D eigenvalue weighted by Crippen LogP contribution is -2.19. The first kappa shape index (κ1) is 18.4. The van der Waals surface area contributed by atoms with E-state index in [4.69, 9.17) is 4.98 Å². The summed E-state index contributed by atoms with van der Waals surface area (Å²) in [5.74, 6) is 0.382. The Morgan fingerprint density at radius 3 is 2.50 bits per heavy atom. The van der Waals surface area contributed by atoms with Gasteiger partial charge in [-0.1, -0.05) is 11.3 Å². The molecular formula is C20H22N6OS. The largest absolute Gasteiger partial charge is 0.305 e. The van der Waals surface area contributed by atoms with Crippen molar-refractivity contribution in [1.29, 1.82) is 0 Å².